The van der Waals surface area contributed by atoms with Crippen molar-refractivity contribution < 1.29 is 0 Å². The molecule has 1 aliphatic heterocycles. The zero-order valence-corrected chi connectivity index (χ0v) is 24.4. The molecule has 1 fully saturated rings. The van der Waals surface area contributed by atoms with Crippen molar-refractivity contribution in [1.82, 2.24) is 0 Å². The number of hydrogen-bond donors (Lipinski definition) is 0. The van der Waals surface area contributed by atoms with Gasteiger partial charge in [0.05, 0.1) is 0 Å². The van der Waals surface area contributed by atoms with Gasteiger partial charge in [-0.15, -0.1) is 0 Å². The summed E-state index contributed by atoms with van der Waals surface area (Å²) in [4.78, 5) is 0. The Morgan fingerprint density at radius 3 is 2.00 bits per heavy atom. The van der Waals surface area contributed by atoms with Gasteiger partial charge in [0.1, 0.15) is 0 Å². The van der Waals surface area contributed by atoms with Crippen LogP contribution in [0.3, 0.4) is 0 Å². The number of allylic oxidation sites excluding steroid dienone is 4. The van der Waals surface area contributed by atoms with Crippen LogP contribution in [0.2, 0.25) is 13.3 Å². The Kier molecular flexibility index (Phi) is 15.7. The van der Waals surface area contributed by atoms with E-state index in [2.05, 4.69) is 74.0 Å². The van der Waals surface area contributed by atoms with E-state index < -0.39 is 18.4 Å². The van der Waals surface area contributed by atoms with Gasteiger partial charge in [-0.2, -0.15) is 0 Å². The van der Waals surface area contributed by atoms with Crippen LogP contribution in [0.1, 0.15) is 91.9 Å². The zero-order chi connectivity index (χ0) is 21.4. The summed E-state index contributed by atoms with van der Waals surface area (Å²) in [7, 11) is 0. The molecule has 0 amide bonds. The van der Waals surface area contributed by atoms with E-state index in [9.17, 15) is 0 Å². The summed E-state index contributed by atoms with van der Waals surface area (Å²) in [6.45, 7) is 13.2. The van der Waals surface area contributed by atoms with Gasteiger partial charge in [0, 0.05) is 0 Å². The fourth-order valence-electron chi connectivity index (χ4n) is 4.28. The van der Waals surface area contributed by atoms with Crippen molar-refractivity contribution in [2.75, 3.05) is 11.5 Å². The second kappa shape index (κ2) is 16.4. The van der Waals surface area contributed by atoms with Crippen LogP contribution in [0.25, 0.3) is 0 Å². The Labute approximate surface area is 196 Å². The molecule has 0 aliphatic carbocycles. The number of hydrogen-bond acceptors (Lipinski definition) is 2. The summed E-state index contributed by atoms with van der Waals surface area (Å²) in [6, 6.07) is 0. The fraction of sp³-hybridized carbons (Fsp3) is 0.769. The van der Waals surface area contributed by atoms with Crippen molar-refractivity contribution in [3.8, 4) is 0 Å². The molecule has 0 saturated carbocycles. The van der Waals surface area contributed by atoms with E-state index in [-0.39, 0.29) is 0 Å². The van der Waals surface area contributed by atoms with Crippen LogP contribution in [-0.4, -0.2) is 34.0 Å². The second-order valence-corrected chi connectivity index (χ2v) is 25.2. The fourth-order valence-corrected chi connectivity index (χ4v) is 22.0. The van der Waals surface area contributed by atoms with Crippen molar-refractivity contribution in [2.24, 2.45) is 0 Å². The topological polar surface area (TPSA) is 0 Å². The van der Waals surface area contributed by atoms with Crippen LogP contribution in [0.15, 0.2) is 34.5 Å². The molecule has 0 bridgehead atoms. The van der Waals surface area contributed by atoms with Gasteiger partial charge in [-0.1, -0.05) is 0 Å². The molecule has 0 radical (unpaired) electrons. The molecule has 0 aromatic carbocycles. The number of rotatable bonds is 16. The molecule has 0 aromatic heterocycles. The summed E-state index contributed by atoms with van der Waals surface area (Å²) in [6.07, 6.45) is 20.8. The molecule has 0 unspecified atom stereocenters. The molecule has 3 heteroatoms. The van der Waals surface area contributed by atoms with Gasteiger partial charge in [-0.25, -0.2) is 0 Å². The Morgan fingerprint density at radius 2 is 1.52 bits per heavy atom. The van der Waals surface area contributed by atoms with Crippen molar-refractivity contribution in [3.05, 3.63) is 34.5 Å². The Bertz CT molecular complexity index is 467. The average Bonchev–Trinajstić information content (AvgIpc) is 2.75. The van der Waals surface area contributed by atoms with Crippen LogP contribution >= 0.6 is 23.5 Å². The van der Waals surface area contributed by atoms with Gasteiger partial charge in [0.2, 0.25) is 0 Å². The number of thioether (sulfide) groups is 2. The summed E-state index contributed by atoms with van der Waals surface area (Å²) >= 11 is 2.38. The average molecular weight is 544 g/mol. The van der Waals surface area contributed by atoms with Crippen molar-refractivity contribution in [2.45, 2.75) is 109 Å². The predicted octanol–water partition coefficient (Wildman–Crippen LogP) is 9.80. The maximum absolute atomic E-state index is 3.91. The third kappa shape index (κ3) is 11.2. The van der Waals surface area contributed by atoms with E-state index in [1.54, 1.807) is 13.3 Å². The standard InChI is InChI=1S/C14H21S2.3C4H9.Sn/c1-4-9-14(15-11-7-12-16-14)10-6-8-13(3)5-2;3*1-3-4-2;/h1,4-5,8H,2,6-7,9-12H2,3H3;3*1,3-4H2,2H3;/b4-1?,13-8+;;;;. The van der Waals surface area contributed by atoms with Crippen molar-refractivity contribution in [1.29, 1.82) is 0 Å². The van der Waals surface area contributed by atoms with E-state index in [1.807, 2.05) is 6.08 Å². The first-order valence-corrected chi connectivity index (χ1v) is 22.0. The predicted molar refractivity (Wildman–Crippen MR) is 144 cm³/mol. The molecule has 29 heavy (non-hydrogen) atoms. The Morgan fingerprint density at radius 1 is 0.966 bits per heavy atom. The molecule has 1 rings (SSSR count). The van der Waals surface area contributed by atoms with E-state index in [0.717, 1.165) is 0 Å². The third-order valence-electron chi connectivity index (χ3n) is 6.32. The molecular weight excluding hydrogens is 495 g/mol. The van der Waals surface area contributed by atoms with E-state index in [1.165, 1.54) is 81.3 Å². The molecular formula is C26H48S2Sn. The van der Waals surface area contributed by atoms with Crippen LogP contribution in [0.4, 0.5) is 0 Å². The number of unbranched alkanes of at least 4 members (excludes halogenated alkanes) is 3. The summed E-state index contributed by atoms with van der Waals surface area (Å²) < 4.78 is 8.10. The van der Waals surface area contributed by atoms with Gasteiger partial charge >= 0.3 is 197 Å². The van der Waals surface area contributed by atoms with Gasteiger partial charge in [0.15, 0.2) is 0 Å². The molecule has 0 aromatic rings. The van der Waals surface area contributed by atoms with E-state index in [0.29, 0.717) is 4.08 Å². The molecule has 0 N–H and O–H groups in total. The first-order chi connectivity index (χ1) is 14.1. The molecule has 168 valence electrons. The van der Waals surface area contributed by atoms with Crippen LogP contribution in [0.5, 0.6) is 0 Å². The summed E-state index contributed by atoms with van der Waals surface area (Å²) in [5.74, 6) is 2.70. The maximum atomic E-state index is 3.91. The molecule has 1 aliphatic rings. The normalized spacial score (nSPS) is 17.7. The molecule has 0 atom stereocenters. The van der Waals surface area contributed by atoms with Crippen molar-refractivity contribution >= 4 is 41.9 Å². The zero-order valence-electron chi connectivity index (χ0n) is 19.9. The quantitative estimate of drug-likeness (QED) is 0.140. The monoisotopic (exact) mass is 544 g/mol. The van der Waals surface area contributed by atoms with Crippen LogP contribution in [0, 0.1) is 0 Å². The van der Waals surface area contributed by atoms with Crippen LogP contribution in [-0.2, 0) is 0 Å². The summed E-state index contributed by atoms with van der Waals surface area (Å²) in [5.41, 5.74) is 1.33. The van der Waals surface area contributed by atoms with E-state index in [4.69, 9.17) is 0 Å². The molecule has 0 nitrogen and oxygen atoms in total. The first-order valence-electron chi connectivity index (χ1n) is 12.3. The van der Waals surface area contributed by atoms with Gasteiger partial charge in [-0.3, -0.25) is 0 Å². The first kappa shape index (κ1) is 27.8. The SMILES string of the molecule is C=C/C(C)=C/CCC1(C/C=[CH]/[Sn]([CH2]CCC)([CH2]CCC)[CH2]CCC)SCCCS1. The molecule has 1 heterocycles. The van der Waals surface area contributed by atoms with E-state index >= 15 is 0 Å². The molecule has 1 saturated heterocycles. The second-order valence-electron chi connectivity index (χ2n) is 8.93. The Hall–Kier alpha value is 0.719. The minimum absolute atomic E-state index is 0.421. The van der Waals surface area contributed by atoms with Gasteiger partial charge in [-0.05, 0) is 0 Å². The van der Waals surface area contributed by atoms with Crippen LogP contribution < -0.4 is 0 Å². The van der Waals surface area contributed by atoms with Gasteiger partial charge in [0.25, 0.3) is 0 Å². The van der Waals surface area contributed by atoms with Crippen molar-refractivity contribution in [3.63, 3.8) is 0 Å². The molecule has 0 spiro atoms. The van der Waals surface area contributed by atoms with Gasteiger partial charge < -0.3 is 0 Å². The minimum atomic E-state index is -2.13. The summed E-state index contributed by atoms with van der Waals surface area (Å²) in [5, 5.41) is 0. The Balaban J connectivity index is 2.89. The third-order valence-corrected chi connectivity index (χ3v) is 24.0.